The number of carbonyl (C=O) groups is 5. The van der Waals surface area contributed by atoms with Crippen LogP contribution >= 0.6 is 0 Å². The molecule has 1 N–H and O–H groups in total. The van der Waals surface area contributed by atoms with Crippen LogP contribution in [0.5, 0.6) is 0 Å². The SMILES string of the molecule is CC(=O)Nc1ncc2ncn([C@@H]3O[C@H](COC(C)=O)[C@@H](OC(C)=O)[C@H](OC(C)=O)[C@H]3OC(C)=O)c2n1. The van der Waals surface area contributed by atoms with Crippen molar-refractivity contribution in [3.05, 3.63) is 12.5 Å². The van der Waals surface area contributed by atoms with Crippen LogP contribution in [-0.4, -0.2) is 80.3 Å². The van der Waals surface area contributed by atoms with Gasteiger partial charge in [0.05, 0.1) is 12.5 Å². The van der Waals surface area contributed by atoms with E-state index in [1.54, 1.807) is 0 Å². The Kier molecular flexibility index (Phi) is 8.14. The van der Waals surface area contributed by atoms with E-state index in [0.29, 0.717) is 5.52 Å². The van der Waals surface area contributed by atoms with E-state index in [4.69, 9.17) is 23.7 Å². The quantitative estimate of drug-likeness (QED) is 0.391. The average Bonchev–Trinajstić information content (AvgIpc) is 3.17. The van der Waals surface area contributed by atoms with Gasteiger partial charge >= 0.3 is 23.9 Å². The molecule has 1 aliphatic heterocycles. The first-order chi connectivity index (χ1) is 17.0. The zero-order valence-corrected chi connectivity index (χ0v) is 20.1. The normalized spacial score (nSPS) is 23.4. The highest BCUT2D eigenvalue weighted by molar-refractivity contribution is 5.87. The van der Waals surface area contributed by atoms with Gasteiger partial charge in [-0.15, -0.1) is 0 Å². The lowest BCUT2D eigenvalue weighted by Crippen LogP contribution is -2.60. The van der Waals surface area contributed by atoms with Crippen LogP contribution in [0.15, 0.2) is 12.5 Å². The molecule has 2 aromatic heterocycles. The van der Waals surface area contributed by atoms with Gasteiger partial charge in [-0.05, 0) is 0 Å². The number of imidazole rings is 1. The molecule has 1 aliphatic rings. The third-order valence-electron chi connectivity index (χ3n) is 4.84. The third kappa shape index (κ3) is 6.29. The van der Waals surface area contributed by atoms with Gasteiger partial charge in [0.25, 0.3) is 0 Å². The van der Waals surface area contributed by atoms with Crippen molar-refractivity contribution in [1.82, 2.24) is 19.5 Å². The van der Waals surface area contributed by atoms with Gasteiger partial charge in [-0.2, -0.15) is 4.98 Å². The first-order valence-electron chi connectivity index (χ1n) is 10.7. The summed E-state index contributed by atoms with van der Waals surface area (Å²) < 4.78 is 28.8. The number of fused-ring (bicyclic) bond motifs is 1. The van der Waals surface area contributed by atoms with Crippen molar-refractivity contribution in [2.75, 3.05) is 11.9 Å². The number of anilines is 1. The summed E-state index contributed by atoms with van der Waals surface area (Å²) in [5.74, 6) is -3.32. The summed E-state index contributed by atoms with van der Waals surface area (Å²) in [4.78, 5) is 71.3. The fraction of sp³-hybridized carbons (Fsp3) is 0.524. The summed E-state index contributed by atoms with van der Waals surface area (Å²) in [6, 6.07) is 0. The molecule has 1 saturated heterocycles. The number of esters is 4. The highest BCUT2D eigenvalue weighted by Gasteiger charge is 2.53. The topological polar surface area (TPSA) is 187 Å². The summed E-state index contributed by atoms with van der Waals surface area (Å²) in [5, 5.41) is 2.45. The monoisotopic (exact) mass is 507 g/mol. The fourth-order valence-electron chi connectivity index (χ4n) is 3.66. The van der Waals surface area contributed by atoms with E-state index < -0.39 is 60.4 Å². The van der Waals surface area contributed by atoms with Crippen molar-refractivity contribution in [3.63, 3.8) is 0 Å². The van der Waals surface area contributed by atoms with Crippen molar-refractivity contribution < 1.29 is 47.7 Å². The molecule has 194 valence electrons. The maximum Gasteiger partial charge on any atom is 0.303 e. The molecule has 36 heavy (non-hydrogen) atoms. The second-order valence-electron chi connectivity index (χ2n) is 7.83. The lowest BCUT2D eigenvalue weighted by molar-refractivity contribution is -0.267. The van der Waals surface area contributed by atoms with Gasteiger partial charge in [-0.1, -0.05) is 0 Å². The Morgan fingerprint density at radius 1 is 0.889 bits per heavy atom. The van der Waals surface area contributed by atoms with Crippen LogP contribution in [0.4, 0.5) is 5.95 Å². The van der Waals surface area contributed by atoms with Gasteiger partial charge in [0, 0.05) is 34.6 Å². The summed E-state index contributed by atoms with van der Waals surface area (Å²) in [6.07, 6.45) is -3.72. The number of ether oxygens (including phenoxy) is 5. The van der Waals surface area contributed by atoms with Crippen molar-refractivity contribution >= 4 is 46.9 Å². The van der Waals surface area contributed by atoms with Gasteiger partial charge in [0.1, 0.15) is 18.2 Å². The molecule has 0 unspecified atom stereocenters. The standard InChI is InChI=1S/C21H25N5O10/c1-9(27)24-21-22-6-14-19(25-21)26(8-23-14)20-18(35-13(5)31)17(34-12(4)30)16(33-11(3)29)15(36-20)7-32-10(2)28/h6,8,15-18,20H,7H2,1-5H3,(H,22,24,25,27)/t15-,16-,17+,18-,20-/m1/s1. The van der Waals surface area contributed by atoms with E-state index in [-0.39, 0.29) is 18.2 Å². The number of nitrogens with one attached hydrogen (secondary N) is 1. The smallest absolute Gasteiger partial charge is 0.303 e. The molecule has 2 aromatic rings. The van der Waals surface area contributed by atoms with Crippen molar-refractivity contribution in [3.8, 4) is 0 Å². The van der Waals surface area contributed by atoms with Crippen molar-refractivity contribution in [2.24, 2.45) is 0 Å². The van der Waals surface area contributed by atoms with Gasteiger partial charge < -0.3 is 23.7 Å². The number of hydrogen-bond acceptors (Lipinski definition) is 13. The molecule has 15 nitrogen and oxygen atoms in total. The maximum absolute atomic E-state index is 12.0. The van der Waals surface area contributed by atoms with Crippen LogP contribution < -0.4 is 5.32 Å². The molecule has 1 fully saturated rings. The molecule has 0 spiro atoms. The van der Waals surface area contributed by atoms with Gasteiger partial charge in [0.2, 0.25) is 11.9 Å². The number of rotatable bonds is 7. The number of amides is 1. The van der Waals surface area contributed by atoms with Crippen molar-refractivity contribution in [1.29, 1.82) is 0 Å². The summed E-state index contributed by atoms with van der Waals surface area (Å²) in [5.41, 5.74) is 0.478. The van der Waals surface area contributed by atoms with Crippen LogP contribution in [0.25, 0.3) is 11.2 Å². The largest absolute Gasteiger partial charge is 0.463 e. The summed E-state index contributed by atoms with van der Waals surface area (Å²) >= 11 is 0. The Bertz CT molecular complexity index is 1180. The molecule has 0 saturated carbocycles. The third-order valence-corrected chi connectivity index (χ3v) is 4.84. The predicted octanol–water partition coefficient (Wildman–Crippen LogP) is 0.0403. The molecule has 3 rings (SSSR count). The molecular formula is C21H25N5O10. The minimum absolute atomic E-state index is 0.0256. The zero-order chi connectivity index (χ0) is 26.6. The van der Waals surface area contributed by atoms with Crippen LogP contribution in [0.2, 0.25) is 0 Å². The highest BCUT2D eigenvalue weighted by Crippen LogP contribution is 2.36. The number of carbonyl (C=O) groups excluding carboxylic acids is 5. The number of aromatic nitrogens is 4. The lowest BCUT2D eigenvalue weighted by Gasteiger charge is -2.44. The van der Waals surface area contributed by atoms with Crippen molar-refractivity contribution in [2.45, 2.75) is 65.3 Å². The molecule has 5 atom stereocenters. The predicted molar refractivity (Wildman–Crippen MR) is 117 cm³/mol. The fourth-order valence-corrected chi connectivity index (χ4v) is 3.66. The van der Waals surface area contributed by atoms with E-state index in [1.807, 2.05) is 0 Å². The Labute approximate surface area is 204 Å². The molecule has 1 amide bonds. The van der Waals surface area contributed by atoms with E-state index in [1.165, 1.54) is 30.9 Å². The lowest BCUT2D eigenvalue weighted by atomic mass is 9.97. The second-order valence-corrected chi connectivity index (χ2v) is 7.83. The summed E-state index contributed by atoms with van der Waals surface area (Å²) in [7, 11) is 0. The van der Waals surface area contributed by atoms with Gasteiger partial charge in [-0.3, -0.25) is 33.9 Å². The number of hydrogen-bond donors (Lipinski definition) is 1. The molecule has 3 heterocycles. The second kappa shape index (κ2) is 11.1. The van der Waals surface area contributed by atoms with E-state index in [2.05, 4.69) is 20.3 Å². The maximum atomic E-state index is 12.0. The average molecular weight is 507 g/mol. The first-order valence-corrected chi connectivity index (χ1v) is 10.7. The minimum atomic E-state index is -1.36. The highest BCUT2D eigenvalue weighted by atomic mass is 16.7. The van der Waals surface area contributed by atoms with Crippen LogP contribution in [-0.2, 0) is 47.7 Å². The van der Waals surface area contributed by atoms with Gasteiger partial charge in [0.15, 0.2) is 30.2 Å². The Morgan fingerprint density at radius 3 is 2.08 bits per heavy atom. The Hall–Kier alpha value is -4.14. The Morgan fingerprint density at radius 2 is 1.50 bits per heavy atom. The molecular weight excluding hydrogens is 482 g/mol. The molecule has 0 bridgehead atoms. The molecule has 0 radical (unpaired) electrons. The van der Waals surface area contributed by atoms with Crippen LogP contribution in [0.1, 0.15) is 40.8 Å². The van der Waals surface area contributed by atoms with E-state index in [9.17, 15) is 24.0 Å². The van der Waals surface area contributed by atoms with Crippen LogP contribution in [0, 0.1) is 0 Å². The zero-order valence-electron chi connectivity index (χ0n) is 20.1. The van der Waals surface area contributed by atoms with Crippen LogP contribution in [0.3, 0.4) is 0 Å². The number of nitrogens with zero attached hydrogens (tertiary/aromatic N) is 4. The van der Waals surface area contributed by atoms with E-state index >= 15 is 0 Å². The summed E-state index contributed by atoms with van der Waals surface area (Å²) in [6.45, 7) is 5.47. The first kappa shape index (κ1) is 26.5. The minimum Gasteiger partial charge on any atom is -0.463 e. The Balaban J connectivity index is 2.14. The molecule has 15 heteroatoms. The van der Waals surface area contributed by atoms with E-state index in [0.717, 1.165) is 20.8 Å². The molecule has 0 aromatic carbocycles. The molecule has 0 aliphatic carbocycles. The van der Waals surface area contributed by atoms with Gasteiger partial charge in [-0.25, -0.2) is 9.97 Å².